The fourth-order valence-electron chi connectivity index (χ4n) is 2.19. The summed E-state index contributed by atoms with van der Waals surface area (Å²) in [7, 11) is 1.12. The summed E-state index contributed by atoms with van der Waals surface area (Å²) in [6.45, 7) is 1.97. The van der Waals surface area contributed by atoms with E-state index in [1.54, 1.807) is 0 Å². The summed E-state index contributed by atoms with van der Waals surface area (Å²) >= 11 is 0. The predicted octanol–water partition coefficient (Wildman–Crippen LogP) is 3.06. The van der Waals surface area contributed by atoms with Crippen LogP contribution in [0, 0.1) is 11.7 Å². The summed E-state index contributed by atoms with van der Waals surface area (Å²) in [6.07, 6.45) is 4.04. The fraction of sp³-hybridized carbons (Fsp3) is 0.500. The van der Waals surface area contributed by atoms with Crippen LogP contribution in [-0.4, -0.2) is 20.4 Å². The van der Waals surface area contributed by atoms with Crippen molar-refractivity contribution in [1.82, 2.24) is 5.32 Å². The van der Waals surface area contributed by atoms with E-state index in [4.69, 9.17) is 10.7 Å². The Kier molecular flexibility index (Phi) is 4.88. The maximum absolute atomic E-state index is 13.5. The zero-order chi connectivity index (χ0) is 15.6. The molecule has 0 aromatic heterocycles. The second-order valence-corrected chi connectivity index (χ2v) is 7.94. The average molecular weight is 334 g/mol. The Balaban J connectivity index is 2.16. The number of nitrogens with one attached hydrogen (secondary N) is 1. The molecule has 1 aliphatic rings. The van der Waals surface area contributed by atoms with Crippen LogP contribution in [0.1, 0.15) is 43.0 Å². The van der Waals surface area contributed by atoms with Crippen molar-refractivity contribution in [3.8, 4) is 0 Å². The van der Waals surface area contributed by atoms with Crippen LogP contribution in [0.4, 0.5) is 4.39 Å². The van der Waals surface area contributed by atoms with Crippen LogP contribution in [-0.2, 0) is 9.05 Å². The Morgan fingerprint density at radius 1 is 1.43 bits per heavy atom. The predicted molar refractivity (Wildman–Crippen MR) is 78.3 cm³/mol. The fourth-order valence-corrected chi connectivity index (χ4v) is 2.98. The molecule has 0 aliphatic heterocycles. The molecule has 1 atom stereocenters. The number of carbonyl (C=O) groups is 1. The van der Waals surface area contributed by atoms with Gasteiger partial charge in [0, 0.05) is 22.3 Å². The molecule has 1 aromatic carbocycles. The molecule has 1 N–H and O–H groups in total. The third-order valence-corrected chi connectivity index (χ3v) is 4.89. The van der Waals surface area contributed by atoms with Crippen LogP contribution in [0.25, 0.3) is 0 Å². The second-order valence-electron chi connectivity index (χ2n) is 5.37. The molecule has 0 bridgehead atoms. The van der Waals surface area contributed by atoms with Gasteiger partial charge in [-0.15, -0.1) is 0 Å². The van der Waals surface area contributed by atoms with E-state index in [2.05, 4.69) is 5.32 Å². The zero-order valence-electron chi connectivity index (χ0n) is 11.6. The van der Waals surface area contributed by atoms with Gasteiger partial charge in [0.1, 0.15) is 5.82 Å². The Bertz CT molecular complexity index is 644. The van der Waals surface area contributed by atoms with E-state index >= 15 is 0 Å². The van der Waals surface area contributed by atoms with Crippen molar-refractivity contribution in [3.63, 3.8) is 0 Å². The molecule has 1 amide bonds. The quantitative estimate of drug-likeness (QED) is 0.814. The summed E-state index contributed by atoms with van der Waals surface area (Å²) in [6, 6.07) is 2.90. The first-order valence-electron chi connectivity index (χ1n) is 6.85. The molecule has 1 fully saturated rings. The number of benzene rings is 1. The largest absolute Gasteiger partial charge is 0.349 e. The van der Waals surface area contributed by atoms with Crippen LogP contribution in [0.5, 0.6) is 0 Å². The molecule has 116 valence electrons. The summed E-state index contributed by atoms with van der Waals surface area (Å²) in [5.74, 6) is -0.637. The van der Waals surface area contributed by atoms with Gasteiger partial charge in [-0.1, -0.05) is 19.8 Å². The first-order chi connectivity index (χ1) is 9.79. The van der Waals surface area contributed by atoms with Crippen molar-refractivity contribution in [3.05, 3.63) is 29.6 Å². The standard InChI is InChI=1S/C14H17ClFNO3S/c1-2-12(5-9-3-4-9)17-14(18)10-6-11(16)8-13(7-10)21(15,19)20/h6-9,12H,2-5H2,1H3,(H,17,18). The van der Waals surface area contributed by atoms with Gasteiger partial charge in [0.2, 0.25) is 0 Å². The van der Waals surface area contributed by atoms with Crippen LogP contribution in [0.3, 0.4) is 0 Å². The number of carbonyl (C=O) groups excluding carboxylic acids is 1. The number of hydrogen-bond donors (Lipinski definition) is 1. The van der Waals surface area contributed by atoms with E-state index in [-0.39, 0.29) is 11.6 Å². The van der Waals surface area contributed by atoms with Gasteiger partial charge in [-0.05, 0) is 37.0 Å². The minimum absolute atomic E-state index is 0.0179. The van der Waals surface area contributed by atoms with Gasteiger partial charge in [0.15, 0.2) is 0 Å². The smallest absolute Gasteiger partial charge is 0.261 e. The lowest BCUT2D eigenvalue weighted by Crippen LogP contribution is -2.34. The molecule has 0 saturated heterocycles. The number of amides is 1. The topological polar surface area (TPSA) is 63.2 Å². The SMILES string of the molecule is CCC(CC1CC1)NC(=O)c1cc(F)cc(S(=O)(=O)Cl)c1. The maximum Gasteiger partial charge on any atom is 0.261 e. The first kappa shape index (κ1) is 16.2. The van der Waals surface area contributed by atoms with Crippen molar-refractivity contribution in [2.75, 3.05) is 0 Å². The van der Waals surface area contributed by atoms with Crippen molar-refractivity contribution < 1.29 is 17.6 Å². The van der Waals surface area contributed by atoms with Crippen LogP contribution in [0.2, 0.25) is 0 Å². The van der Waals surface area contributed by atoms with Crippen LogP contribution < -0.4 is 5.32 Å². The number of rotatable bonds is 6. The van der Waals surface area contributed by atoms with E-state index in [9.17, 15) is 17.6 Å². The molecule has 7 heteroatoms. The lowest BCUT2D eigenvalue weighted by molar-refractivity contribution is 0.0932. The van der Waals surface area contributed by atoms with E-state index in [1.165, 1.54) is 12.8 Å². The van der Waals surface area contributed by atoms with Gasteiger partial charge in [0.05, 0.1) is 4.90 Å². The highest BCUT2D eigenvalue weighted by molar-refractivity contribution is 8.13. The number of halogens is 2. The van der Waals surface area contributed by atoms with Gasteiger partial charge < -0.3 is 5.32 Å². The van der Waals surface area contributed by atoms with Crippen molar-refractivity contribution >= 4 is 25.6 Å². The first-order valence-corrected chi connectivity index (χ1v) is 9.16. The molecule has 1 unspecified atom stereocenters. The normalized spacial score (nSPS) is 16.5. The average Bonchev–Trinajstić information content (AvgIpc) is 3.20. The molecule has 4 nitrogen and oxygen atoms in total. The Morgan fingerprint density at radius 2 is 2.10 bits per heavy atom. The van der Waals surface area contributed by atoms with Crippen molar-refractivity contribution in [2.45, 2.75) is 43.5 Å². The third-order valence-electron chi connectivity index (χ3n) is 3.56. The zero-order valence-corrected chi connectivity index (χ0v) is 13.2. The number of hydrogen-bond acceptors (Lipinski definition) is 3. The van der Waals surface area contributed by atoms with E-state index in [0.717, 1.165) is 31.0 Å². The minimum atomic E-state index is -4.07. The van der Waals surface area contributed by atoms with E-state index in [1.807, 2.05) is 6.92 Å². The van der Waals surface area contributed by atoms with Gasteiger partial charge in [-0.25, -0.2) is 12.8 Å². The molecule has 1 aliphatic carbocycles. The maximum atomic E-state index is 13.5. The summed E-state index contributed by atoms with van der Waals surface area (Å²) in [5.41, 5.74) is -0.0385. The van der Waals surface area contributed by atoms with Gasteiger partial charge in [-0.3, -0.25) is 4.79 Å². The molecule has 1 aromatic rings. The third kappa shape index (κ3) is 4.68. The Hall–Kier alpha value is -1.14. The van der Waals surface area contributed by atoms with Crippen molar-refractivity contribution in [1.29, 1.82) is 0 Å². The molecule has 2 rings (SSSR count). The lowest BCUT2D eigenvalue weighted by atomic mass is 10.1. The van der Waals surface area contributed by atoms with Crippen molar-refractivity contribution in [2.24, 2.45) is 5.92 Å². The van der Waals surface area contributed by atoms with E-state index in [0.29, 0.717) is 5.92 Å². The van der Waals surface area contributed by atoms with Crippen LogP contribution in [0.15, 0.2) is 23.1 Å². The Labute approximate surface area is 128 Å². The highest BCUT2D eigenvalue weighted by Crippen LogP contribution is 2.34. The summed E-state index contributed by atoms with van der Waals surface area (Å²) in [4.78, 5) is 11.7. The highest BCUT2D eigenvalue weighted by Gasteiger charge is 2.26. The molecule has 1 saturated carbocycles. The molecular formula is C14H17ClFNO3S. The molecule has 0 heterocycles. The molecule has 0 spiro atoms. The van der Waals surface area contributed by atoms with Crippen LogP contribution >= 0.6 is 10.7 Å². The minimum Gasteiger partial charge on any atom is -0.349 e. The molecular weight excluding hydrogens is 317 g/mol. The molecule has 0 radical (unpaired) electrons. The lowest BCUT2D eigenvalue weighted by Gasteiger charge is -2.16. The van der Waals surface area contributed by atoms with Gasteiger partial charge in [-0.2, -0.15) is 0 Å². The second kappa shape index (κ2) is 6.32. The van der Waals surface area contributed by atoms with Gasteiger partial charge >= 0.3 is 0 Å². The molecule has 21 heavy (non-hydrogen) atoms. The van der Waals surface area contributed by atoms with E-state index < -0.39 is 25.7 Å². The highest BCUT2D eigenvalue weighted by atomic mass is 35.7. The van der Waals surface area contributed by atoms with Gasteiger partial charge in [0.25, 0.3) is 15.0 Å². The summed E-state index contributed by atoms with van der Waals surface area (Å²) < 4.78 is 36.0. The Morgan fingerprint density at radius 3 is 2.62 bits per heavy atom. The summed E-state index contributed by atoms with van der Waals surface area (Å²) in [5, 5.41) is 2.82. The monoisotopic (exact) mass is 333 g/mol.